The van der Waals surface area contributed by atoms with E-state index in [1.165, 1.54) is 12.8 Å². The molecule has 0 unspecified atom stereocenters. The standard InChI is InChI=1S/C10H10N2S/c1-13-10-11-6-9(7-12-10)5-4-8-2-3-8/h6-8H,2-3H2,1H3. The molecule has 0 N–H and O–H groups in total. The van der Waals surface area contributed by atoms with Crippen molar-refractivity contribution in [2.24, 2.45) is 5.92 Å². The third-order valence-electron chi connectivity index (χ3n) is 1.81. The van der Waals surface area contributed by atoms with Gasteiger partial charge in [0.05, 0.1) is 5.56 Å². The van der Waals surface area contributed by atoms with Gasteiger partial charge >= 0.3 is 0 Å². The van der Waals surface area contributed by atoms with Gasteiger partial charge in [0, 0.05) is 18.3 Å². The zero-order valence-electron chi connectivity index (χ0n) is 7.45. The lowest BCUT2D eigenvalue weighted by Gasteiger charge is -1.92. The Morgan fingerprint density at radius 1 is 1.38 bits per heavy atom. The molecule has 1 aliphatic carbocycles. The zero-order chi connectivity index (χ0) is 9.10. The van der Waals surface area contributed by atoms with Gasteiger partial charge in [0.15, 0.2) is 5.16 Å². The molecule has 1 aromatic heterocycles. The predicted molar refractivity (Wildman–Crippen MR) is 53.4 cm³/mol. The van der Waals surface area contributed by atoms with E-state index in [1.54, 1.807) is 24.2 Å². The topological polar surface area (TPSA) is 25.8 Å². The monoisotopic (exact) mass is 190 g/mol. The Morgan fingerprint density at radius 2 is 2.08 bits per heavy atom. The summed E-state index contributed by atoms with van der Waals surface area (Å²) >= 11 is 1.54. The Labute approximate surface area is 82.2 Å². The second-order valence-corrected chi connectivity index (χ2v) is 3.78. The van der Waals surface area contributed by atoms with Crippen LogP contribution in [0.3, 0.4) is 0 Å². The number of aromatic nitrogens is 2. The summed E-state index contributed by atoms with van der Waals surface area (Å²) in [6, 6.07) is 0. The lowest BCUT2D eigenvalue weighted by atomic mass is 10.3. The number of thioether (sulfide) groups is 1. The third kappa shape index (κ3) is 2.46. The molecule has 1 saturated carbocycles. The van der Waals surface area contributed by atoms with Gasteiger partial charge in [-0.2, -0.15) is 0 Å². The molecule has 2 nitrogen and oxygen atoms in total. The maximum Gasteiger partial charge on any atom is 0.187 e. The Balaban J connectivity index is 2.09. The summed E-state index contributed by atoms with van der Waals surface area (Å²) < 4.78 is 0. The van der Waals surface area contributed by atoms with Gasteiger partial charge in [-0.3, -0.25) is 0 Å². The Kier molecular flexibility index (Phi) is 2.51. The highest BCUT2D eigenvalue weighted by atomic mass is 32.2. The quantitative estimate of drug-likeness (QED) is 0.384. The number of rotatable bonds is 1. The number of hydrogen-bond donors (Lipinski definition) is 0. The minimum absolute atomic E-state index is 0.639. The molecule has 1 fully saturated rings. The summed E-state index contributed by atoms with van der Waals surface area (Å²) in [6.07, 6.45) is 8.06. The molecule has 1 heterocycles. The highest BCUT2D eigenvalue weighted by molar-refractivity contribution is 7.98. The Morgan fingerprint density at radius 3 is 2.62 bits per heavy atom. The first-order chi connectivity index (χ1) is 6.38. The van der Waals surface area contributed by atoms with E-state index in [-0.39, 0.29) is 0 Å². The molecule has 3 heteroatoms. The second kappa shape index (κ2) is 3.80. The predicted octanol–water partition coefficient (Wildman–Crippen LogP) is 1.96. The first kappa shape index (κ1) is 8.58. The summed E-state index contributed by atoms with van der Waals surface area (Å²) in [5.41, 5.74) is 0.921. The molecule has 0 aromatic carbocycles. The van der Waals surface area contributed by atoms with Crippen LogP contribution in [-0.4, -0.2) is 16.2 Å². The molecule has 0 bridgehead atoms. The first-order valence-corrected chi connectivity index (χ1v) is 5.48. The van der Waals surface area contributed by atoms with Crippen LogP contribution in [-0.2, 0) is 0 Å². The SMILES string of the molecule is CSc1ncc(C#CC2CC2)cn1. The summed E-state index contributed by atoms with van der Waals surface area (Å²) in [4.78, 5) is 8.29. The molecule has 0 radical (unpaired) electrons. The zero-order valence-corrected chi connectivity index (χ0v) is 8.27. The number of nitrogens with zero attached hydrogens (tertiary/aromatic N) is 2. The molecule has 66 valence electrons. The van der Waals surface area contributed by atoms with Gasteiger partial charge in [-0.15, -0.1) is 0 Å². The van der Waals surface area contributed by atoms with Crippen LogP contribution in [0.4, 0.5) is 0 Å². The molecular weight excluding hydrogens is 180 g/mol. The van der Waals surface area contributed by atoms with Crippen molar-refractivity contribution < 1.29 is 0 Å². The van der Waals surface area contributed by atoms with E-state index in [2.05, 4.69) is 21.8 Å². The molecular formula is C10H10N2S. The van der Waals surface area contributed by atoms with Crippen molar-refractivity contribution in [2.75, 3.05) is 6.26 Å². The summed E-state index contributed by atoms with van der Waals surface area (Å²) in [7, 11) is 0. The molecule has 2 rings (SSSR count). The van der Waals surface area contributed by atoms with Crippen molar-refractivity contribution in [1.82, 2.24) is 9.97 Å². The largest absolute Gasteiger partial charge is 0.230 e. The van der Waals surface area contributed by atoms with Crippen LogP contribution in [0.25, 0.3) is 0 Å². The summed E-state index contributed by atoms with van der Waals surface area (Å²) in [5, 5.41) is 0.803. The van der Waals surface area contributed by atoms with Gasteiger partial charge in [0.1, 0.15) is 0 Å². The van der Waals surface area contributed by atoms with Crippen molar-refractivity contribution in [2.45, 2.75) is 18.0 Å². The van der Waals surface area contributed by atoms with Crippen LogP contribution in [0.5, 0.6) is 0 Å². The molecule has 13 heavy (non-hydrogen) atoms. The first-order valence-electron chi connectivity index (χ1n) is 4.26. The van der Waals surface area contributed by atoms with Gasteiger partial charge in [-0.1, -0.05) is 23.6 Å². The van der Waals surface area contributed by atoms with E-state index in [4.69, 9.17) is 0 Å². The van der Waals surface area contributed by atoms with Crippen LogP contribution in [0, 0.1) is 17.8 Å². The molecule has 0 amide bonds. The minimum atomic E-state index is 0.639. The van der Waals surface area contributed by atoms with Crippen LogP contribution < -0.4 is 0 Å². The van der Waals surface area contributed by atoms with Crippen molar-refractivity contribution in [3.63, 3.8) is 0 Å². The average molecular weight is 190 g/mol. The van der Waals surface area contributed by atoms with Crippen LogP contribution in [0.1, 0.15) is 18.4 Å². The fraction of sp³-hybridized carbons (Fsp3) is 0.400. The minimum Gasteiger partial charge on any atom is -0.230 e. The van der Waals surface area contributed by atoms with E-state index in [1.807, 2.05) is 6.26 Å². The maximum atomic E-state index is 4.14. The van der Waals surface area contributed by atoms with E-state index in [0.717, 1.165) is 10.7 Å². The molecule has 0 spiro atoms. The average Bonchev–Trinajstić information content (AvgIpc) is 2.99. The normalized spacial score (nSPS) is 14.8. The molecule has 0 aliphatic heterocycles. The number of hydrogen-bond acceptors (Lipinski definition) is 3. The highest BCUT2D eigenvalue weighted by Crippen LogP contribution is 2.27. The fourth-order valence-corrected chi connectivity index (χ4v) is 1.22. The van der Waals surface area contributed by atoms with Crippen molar-refractivity contribution in [3.05, 3.63) is 18.0 Å². The maximum absolute atomic E-state index is 4.14. The highest BCUT2D eigenvalue weighted by Gasteiger charge is 2.17. The van der Waals surface area contributed by atoms with Crippen LogP contribution in [0.2, 0.25) is 0 Å². The Hall–Kier alpha value is -1.01. The van der Waals surface area contributed by atoms with Crippen molar-refractivity contribution >= 4 is 11.8 Å². The van der Waals surface area contributed by atoms with E-state index in [9.17, 15) is 0 Å². The lowest BCUT2D eigenvalue weighted by Crippen LogP contribution is -1.86. The fourth-order valence-electron chi connectivity index (χ4n) is 0.899. The van der Waals surface area contributed by atoms with Crippen molar-refractivity contribution in [1.29, 1.82) is 0 Å². The van der Waals surface area contributed by atoms with E-state index >= 15 is 0 Å². The van der Waals surface area contributed by atoms with Crippen LogP contribution >= 0.6 is 11.8 Å². The lowest BCUT2D eigenvalue weighted by molar-refractivity contribution is 0.964. The second-order valence-electron chi connectivity index (χ2n) is 3.00. The third-order valence-corrected chi connectivity index (χ3v) is 2.38. The molecule has 1 aliphatic rings. The smallest absolute Gasteiger partial charge is 0.187 e. The van der Waals surface area contributed by atoms with Gasteiger partial charge < -0.3 is 0 Å². The molecule has 0 atom stereocenters. The summed E-state index contributed by atoms with van der Waals surface area (Å²) in [5.74, 6) is 6.89. The van der Waals surface area contributed by atoms with Gasteiger partial charge in [0.25, 0.3) is 0 Å². The van der Waals surface area contributed by atoms with Gasteiger partial charge in [-0.25, -0.2) is 9.97 Å². The van der Waals surface area contributed by atoms with Crippen molar-refractivity contribution in [3.8, 4) is 11.8 Å². The summed E-state index contributed by atoms with van der Waals surface area (Å²) in [6.45, 7) is 0. The van der Waals surface area contributed by atoms with E-state index in [0.29, 0.717) is 5.92 Å². The Bertz CT molecular complexity index is 343. The van der Waals surface area contributed by atoms with Gasteiger partial charge in [0.2, 0.25) is 0 Å². The van der Waals surface area contributed by atoms with Gasteiger partial charge in [-0.05, 0) is 19.1 Å². The molecule has 0 saturated heterocycles. The van der Waals surface area contributed by atoms with E-state index < -0.39 is 0 Å². The van der Waals surface area contributed by atoms with Crippen LogP contribution in [0.15, 0.2) is 17.6 Å². The molecule has 1 aromatic rings.